The molecule has 0 saturated heterocycles. The number of carboxylic acid groups (broad SMARTS) is 1. The molecule has 1 heterocycles. The van der Waals surface area contributed by atoms with Crippen LogP contribution < -0.4 is 14.8 Å². The van der Waals surface area contributed by atoms with Crippen molar-refractivity contribution in [2.45, 2.75) is 24.9 Å². The third-order valence-electron chi connectivity index (χ3n) is 5.89. The molecule has 0 radical (unpaired) electrons. The predicted molar refractivity (Wildman–Crippen MR) is 127 cm³/mol. The third kappa shape index (κ3) is 5.66. The van der Waals surface area contributed by atoms with E-state index in [1.54, 1.807) is 18.2 Å². The molecule has 0 bridgehead atoms. The summed E-state index contributed by atoms with van der Waals surface area (Å²) in [4.78, 5) is 11.4. The highest BCUT2D eigenvalue weighted by Crippen LogP contribution is 2.40. The molecule has 0 spiro atoms. The first-order valence-corrected chi connectivity index (χ1v) is 10.8. The van der Waals surface area contributed by atoms with Gasteiger partial charge in [-0.05, 0) is 60.8 Å². The van der Waals surface area contributed by atoms with Gasteiger partial charge in [0.05, 0.1) is 12.7 Å². The number of fused-ring (bicyclic) bond motifs is 1. The lowest BCUT2D eigenvalue weighted by molar-refractivity contribution is 0.0691. The Morgan fingerprint density at radius 1 is 1.12 bits per heavy atom. The first-order chi connectivity index (χ1) is 16.0. The maximum atomic E-state index is 13.9. The summed E-state index contributed by atoms with van der Waals surface area (Å²) in [5.41, 5.74) is 2.32. The molecule has 0 aliphatic carbocycles. The second-order valence-electron chi connectivity index (χ2n) is 8.03. The highest BCUT2D eigenvalue weighted by molar-refractivity contribution is 5.88. The Morgan fingerprint density at radius 3 is 2.65 bits per heavy atom. The van der Waals surface area contributed by atoms with Crippen molar-refractivity contribution >= 4 is 18.4 Å². The molecular weight excluding hydrogens is 464 g/mol. The van der Waals surface area contributed by atoms with Crippen LogP contribution in [-0.2, 0) is 6.42 Å². The molecule has 1 aliphatic rings. The molecule has 0 fully saturated rings. The van der Waals surface area contributed by atoms with E-state index in [1.807, 2.05) is 24.3 Å². The largest absolute Gasteiger partial charge is 0.494 e. The van der Waals surface area contributed by atoms with Crippen molar-refractivity contribution < 1.29 is 28.2 Å². The molecule has 8 heteroatoms. The molecule has 4 rings (SSSR count). The monoisotopic (exact) mass is 489 g/mol. The number of benzene rings is 3. The van der Waals surface area contributed by atoms with Crippen molar-refractivity contribution in [1.82, 2.24) is 5.32 Å². The zero-order valence-corrected chi connectivity index (χ0v) is 19.4. The summed E-state index contributed by atoms with van der Waals surface area (Å²) >= 11 is 0. The quantitative estimate of drug-likeness (QED) is 0.425. The molecule has 3 aromatic rings. The van der Waals surface area contributed by atoms with Gasteiger partial charge in [-0.3, -0.25) is 0 Å². The summed E-state index contributed by atoms with van der Waals surface area (Å²) in [6, 6.07) is 16.7. The molecular formula is C26H26ClF2NO4. The van der Waals surface area contributed by atoms with Crippen LogP contribution in [0, 0.1) is 11.6 Å². The molecule has 0 saturated carbocycles. The van der Waals surface area contributed by atoms with Crippen LogP contribution in [0.3, 0.4) is 0 Å². The standard InChI is InChI=1S/C26H25F2NO4.ClH/c1-32-25-12-16(6-8-23(25)28)10-11-29-15-18-14-20(19-4-2-3-5-24(19)33-18)17-7-9-22(27)21(13-17)26(30)31;/h2-9,12-13,18,20,29H,10-11,14-15H2,1H3,(H,30,31);1H/t18-,20?;/m1./s1. The number of halogens is 3. The maximum Gasteiger partial charge on any atom is 0.338 e. The van der Waals surface area contributed by atoms with Gasteiger partial charge in [-0.15, -0.1) is 12.4 Å². The Labute approximate surface area is 203 Å². The predicted octanol–water partition coefficient (Wildman–Crippen LogP) is 5.21. The van der Waals surface area contributed by atoms with Crippen LogP contribution in [0.25, 0.3) is 0 Å². The van der Waals surface area contributed by atoms with E-state index in [9.17, 15) is 18.7 Å². The highest BCUT2D eigenvalue weighted by atomic mass is 35.5. The number of carboxylic acids is 1. The summed E-state index contributed by atoms with van der Waals surface area (Å²) in [6.07, 6.45) is 1.17. The lowest BCUT2D eigenvalue weighted by Crippen LogP contribution is -2.36. The lowest BCUT2D eigenvalue weighted by atomic mass is 9.83. The van der Waals surface area contributed by atoms with Crippen LogP contribution in [0.4, 0.5) is 8.78 Å². The van der Waals surface area contributed by atoms with Crippen LogP contribution in [0.2, 0.25) is 0 Å². The van der Waals surface area contributed by atoms with Gasteiger partial charge in [0.1, 0.15) is 17.7 Å². The van der Waals surface area contributed by atoms with Crippen LogP contribution >= 0.6 is 12.4 Å². The molecule has 2 atom stereocenters. The molecule has 5 nitrogen and oxygen atoms in total. The Balaban J connectivity index is 0.00000324. The number of methoxy groups -OCH3 is 1. The van der Waals surface area contributed by atoms with Crippen LogP contribution in [0.1, 0.15) is 39.4 Å². The molecule has 0 amide bonds. The van der Waals surface area contributed by atoms with E-state index >= 15 is 0 Å². The van der Waals surface area contributed by atoms with Gasteiger partial charge in [0.15, 0.2) is 11.6 Å². The van der Waals surface area contributed by atoms with E-state index < -0.39 is 11.8 Å². The topological polar surface area (TPSA) is 67.8 Å². The zero-order chi connectivity index (χ0) is 23.4. The highest BCUT2D eigenvalue weighted by Gasteiger charge is 2.30. The van der Waals surface area contributed by atoms with E-state index in [1.165, 1.54) is 25.3 Å². The van der Waals surface area contributed by atoms with Crippen molar-refractivity contribution in [3.63, 3.8) is 0 Å². The maximum absolute atomic E-state index is 13.9. The number of para-hydroxylation sites is 1. The number of hydrogen-bond donors (Lipinski definition) is 2. The van der Waals surface area contributed by atoms with E-state index in [0.717, 1.165) is 22.4 Å². The van der Waals surface area contributed by atoms with Crippen molar-refractivity contribution in [2.24, 2.45) is 0 Å². The van der Waals surface area contributed by atoms with Crippen LogP contribution in [0.15, 0.2) is 60.7 Å². The second-order valence-corrected chi connectivity index (χ2v) is 8.03. The Bertz CT molecular complexity index is 1160. The average molecular weight is 490 g/mol. The summed E-state index contributed by atoms with van der Waals surface area (Å²) in [7, 11) is 1.44. The smallest absolute Gasteiger partial charge is 0.338 e. The van der Waals surface area contributed by atoms with Gasteiger partial charge >= 0.3 is 5.97 Å². The van der Waals surface area contributed by atoms with Crippen molar-refractivity contribution in [1.29, 1.82) is 0 Å². The molecule has 0 aromatic heterocycles. The lowest BCUT2D eigenvalue weighted by Gasteiger charge is -2.33. The molecule has 1 unspecified atom stereocenters. The van der Waals surface area contributed by atoms with E-state index in [0.29, 0.717) is 25.9 Å². The Kier molecular flexibility index (Phi) is 8.47. The molecule has 34 heavy (non-hydrogen) atoms. The normalized spacial score (nSPS) is 16.7. The van der Waals surface area contributed by atoms with E-state index in [2.05, 4.69) is 5.32 Å². The fourth-order valence-corrected chi connectivity index (χ4v) is 4.21. The number of carbonyl (C=O) groups is 1. The zero-order valence-electron chi connectivity index (χ0n) is 18.6. The first kappa shape index (κ1) is 25.5. The summed E-state index contributed by atoms with van der Waals surface area (Å²) in [6.45, 7) is 1.25. The number of nitrogens with one attached hydrogen (secondary N) is 1. The van der Waals surface area contributed by atoms with E-state index in [-0.39, 0.29) is 41.6 Å². The Morgan fingerprint density at radius 2 is 1.88 bits per heavy atom. The Hall–Kier alpha value is -3.16. The number of ether oxygens (including phenoxy) is 2. The van der Waals surface area contributed by atoms with Gasteiger partial charge in [0.25, 0.3) is 0 Å². The minimum absolute atomic E-state index is 0. The minimum atomic E-state index is -1.29. The minimum Gasteiger partial charge on any atom is -0.494 e. The summed E-state index contributed by atoms with van der Waals surface area (Å²) in [5, 5.41) is 12.7. The van der Waals surface area contributed by atoms with Gasteiger partial charge in [-0.25, -0.2) is 13.6 Å². The van der Waals surface area contributed by atoms with Crippen LogP contribution in [0.5, 0.6) is 11.5 Å². The molecule has 3 aromatic carbocycles. The van der Waals surface area contributed by atoms with Crippen molar-refractivity contribution in [3.8, 4) is 11.5 Å². The van der Waals surface area contributed by atoms with Gasteiger partial charge in [0.2, 0.25) is 0 Å². The van der Waals surface area contributed by atoms with Gasteiger partial charge in [-0.1, -0.05) is 30.3 Å². The van der Waals surface area contributed by atoms with Crippen molar-refractivity contribution in [2.75, 3.05) is 20.2 Å². The summed E-state index contributed by atoms with van der Waals surface area (Å²) < 4.78 is 38.7. The number of hydrogen-bond acceptors (Lipinski definition) is 4. The van der Waals surface area contributed by atoms with Crippen molar-refractivity contribution in [3.05, 3.63) is 94.6 Å². The molecule has 180 valence electrons. The number of aromatic carboxylic acids is 1. The molecule has 1 aliphatic heterocycles. The third-order valence-corrected chi connectivity index (χ3v) is 5.89. The average Bonchev–Trinajstić information content (AvgIpc) is 2.82. The first-order valence-electron chi connectivity index (χ1n) is 10.8. The fraction of sp³-hybridized carbons (Fsp3) is 0.269. The fourth-order valence-electron chi connectivity index (χ4n) is 4.21. The van der Waals surface area contributed by atoms with Gasteiger partial charge in [0, 0.05) is 18.0 Å². The van der Waals surface area contributed by atoms with Gasteiger partial charge < -0.3 is 19.9 Å². The van der Waals surface area contributed by atoms with Gasteiger partial charge in [-0.2, -0.15) is 0 Å². The van der Waals surface area contributed by atoms with Crippen LogP contribution in [-0.4, -0.2) is 37.4 Å². The number of rotatable bonds is 8. The second kappa shape index (κ2) is 11.3. The SMILES string of the molecule is COc1cc(CCNC[C@H]2CC(c3ccc(F)c(C(=O)O)c3)c3ccccc3O2)ccc1F.Cl. The van der Waals surface area contributed by atoms with E-state index in [4.69, 9.17) is 9.47 Å². The molecule has 2 N–H and O–H groups in total. The summed E-state index contributed by atoms with van der Waals surface area (Å²) in [5.74, 6) is -1.57.